The van der Waals surface area contributed by atoms with Gasteiger partial charge in [0.15, 0.2) is 0 Å². The van der Waals surface area contributed by atoms with Crippen molar-refractivity contribution in [2.24, 2.45) is 0 Å². The largest absolute Gasteiger partial charge is 0.395 e. The second-order valence-electron chi connectivity index (χ2n) is 6.27. The number of benzene rings is 2. The minimum Gasteiger partial charge on any atom is -0.395 e. The Hall–Kier alpha value is -2.35. The number of aliphatic hydroxyl groups excluding tert-OH is 1. The molecule has 3 N–H and O–H groups in total. The normalized spacial score (nSPS) is 11.7. The van der Waals surface area contributed by atoms with Crippen molar-refractivity contribution >= 4 is 38.2 Å². The Morgan fingerprint density at radius 3 is 2.59 bits per heavy atom. The lowest BCUT2D eigenvalue weighted by molar-refractivity contribution is 0.0937. The van der Waals surface area contributed by atoms with E-state index in [0.717, 1.165) is 5.56 Å². The number of aryl methyl sites for hydroxylation is 2. The summed E-state index contributed by atoms with van der Waals surface area (Å²) in [5.41, 5.74) is 1.93. The number of rotatable bonds is 5. The van der Waals surface area contributed by atoms with Gasteiger partial charge in [-0.25, -0.2) is 8.42 Å². The summed E-state index contributed by atoms with van der Waals surface area (Å²) in [4.78, 5) is 15.4. The molecule has 1 aromatic heterocycles. The first-order chi connectivity index (χ1) is 12.8. The lowest BCUT2D eigenvalue weighted by Crippen LogP contribution is -2.28. The molecule has 0 unspecified atom stereocenters. The van der Waals surface area contributed by atoms with Crippen molar-refractivity contribution in [3.63, 3.8) is 0 Å². The van der Waals surface area contributed by atoms with E-state index in [2.05, 4.69) is 10.3 Å². The van der Waals surface area contributed by atoms with Crippen molar-refractivity contribution in [2.75, 3.05) is 13.2 Å². The Labute approximate surface area is 162 Å². The minimum atomic E-state index is -4.00. The van der Waals surface area contributed by atoms with Gasteiger partial charge in [0.2, 0.25) is 9.84 Å². The first-order valence-electron chi connectivity index (χ1n) is 8.28. The second-order valence-corrected chi connectivity index (χ2v) is 8.56. The van der Waals surface area contributed by atoms with Crippen LogP contribution in [0.1, 0.15) is 21.6 Å². The quantitative estimate of drug-likeness (QED) is 0.606. The van der Waals surface area contributed by atoms with Crippen LogP contribution in [0.2, 0.25) is 5.02 Å². The number of nitrogens with one attached hydrogen (secondary N) is 2. The second kappa shape index (κ2) is 7.34. The zero-order valence-corrected chi connectivity index (χ0v) is 16.4. The molecule has 0 aliphatic rings. The van der Waals surface area contributed by atoms with Gasteiger partial charge in [-0.1, -0.05) is 29.3 Å². The fourth-order valence-corrected chi connectivity index (χ4v) is 5.04. The maximum atomic E-state index is 13.5. The average molecular weight is 407 g/mol. The molecule has 0 bridgehead atoms. The monoisotopic (exact) mass is 406 g/mol. The summed E-state index contributed by atoms with van der Waals surface area (Å²) in [6.07, 6.45) is 0. The Kier molecular flexibility index (Phi) is 5.28. The molecule has 3 rings (SSSR count). The Balaban J connectivity index is 2.30. The number of carbonyl (C=O) groups is 1. The molecule has 27 heavy (non-hydrogen) atoms. The van der Waals surface area contributed by atoms with Gasteiger partial charge in [-0.05, 0) is 43.7 Å². The van der Waals surface area contributed by atoms with E-state index in [1.165, 1.54) is 6.07 Å². The van der Waals surface area contributed by atoms with Crippen LogP contribution >= 0.6 is 11.6 Å². The standard InChI is InChI=1S/C19H19ClN2O4S/c1-11-3-6-16(12(2)9-11)27(25,26)18-14-10-13(20)4-5-15(14)22-17(18)19(24)21-7-8-23/h3-6,9-10,22-23H,7-8H2,1-2H3,(H,21,24). The van der Waals surface area contributed by atoms with Crippen LogP contribution in [-0.4, -0.2) is 37.6 Å². The fraction of sp³-hybridized carbons (Fsp3) is 0.211. The first kappa shape index (κ1) is 19.4. The number of aromatic nitrogens is 1. The highest BCUT2D eigenvalue weighted by molar-refractivity contribution is 7.91. The number of amides is 1. The van der Waals surface area contributed by atoms with Crippen molar-refractivity contribution in [1.29, 1.82) is 0 Å². The van der Waals surface area contributed by atoms with Crippen molar-refractivity contribution < 1.29 is 18.3 Å². The highest BCUT2D eigenvalue weighted by Crippen LogP contribution is 2.34. The molecule has 1 heterocycles. The average Bonchev–Trinajstić information content (AvgIpc) is 2.98. The molecule has 0 saturated heterocycles. The number of halogens is 1. The van der Waals surface area contributed by atoms with Gasteiger partial charge >= 0.3 is 0 Å². The highest BCUT2D eigenvalue weighted by atomic mass is 35.5. The minimum absolute atomic E-state index is 0.0119. The van der Waals surface area contributed by atoms with Gasteiger partial charge < -0.3 is 15.4 Å². The zero-order chi connectivity index (χ0) is 19.8. The van der Waals surface area contributed by atoms with E-state index in [1.807, 2.05) is 6.92 Å². The van der Waals surface area contributed by atoms with E-state index in [1.54, 1.807) is 37.3 Å². The van der Waals surface area contributed by atoms with E-state index in [4.69, 9.17) is 16.7 Å². The van der Waals surface area contributed by atoms with Gasteiger partial charge in [-0.2, -0.15) is 0 Å². The smallest absolute Gasteiger partial charge is 0.269 e. The molecule has 0 fully saturated rings. The fourth-order valence-electron chi connectivity index (χ4n) is 3.05. The maximum absolute atomic E-state index is 13.5. The summed E-state index contributed by atoms with van der Waals surface area (Å²) < 4.78 is 26.9. The molecule has 0 spiro atoms. The predicted octanol–water partition coefficient (Wildman–Crippen LogP) is 2.99. The van der Waals surface area contributed by atoms with Crippen LogP contribution < -0.4 is 5.32 Å². The van der Waals surface area contributed by atoms with Crippen molar-refractivity contribution in [1.82, 2.24) is 10.3 Å². The van der Waals surface area contributed by atoms with Gasteiger partial charge in [-0.3, -0.25) is 4.79 Å². The predicted molar refractivity (Wildman–Crippen MR) is 104 cm³/mol. The van der Waals surface area contributed by atoms with Crippen LogP contribution in [0, 0.1) is 13.8 Å². The van der Waals surface area contributed by atoms with Crippen LogP contribution in [0.4, 0.5) is 0 Å². The van der Waals surface area contributed by atoms with Crippen molar-refractivity contribution in [3.8, 4) is 0 Å². The molecule has 3 aromatic rings. The molecule has 6 nitrogen and oxygen atoms in total. The molecule has 0 saturated carbocycles. The van der Waals surface area contributed by atoms with Gasteiger partial charge in [-0.15, -0.1) is 0 Å². The first-order valence-corrected chi connectivity index (χ1v) is 10.1. The molecular weight excluding hydrogens is 388 g/mol. The SMILES string of the molecule is Cc1ccc(S(=O)(=O)c2c(C(=O)NCCO)[nH]c3ccc(Cl)cc23)c(C)c1. The Morgan fingerprint density at radius 1 is 1.19 bits per heavy atom. The summed E-state index contributed by atoms with van der Waals surface area (Å²) >= 11 is 6.07. The van der Waals surface area contributed by atoms with Crippen LogP contribution in [0.3, 0.4) is 0 Å². The highest BCUT2D eigenvalue weighted by Gasteiger charge is 2.30. The van der Waals surface area contributed by atoms with Gasteiger partial charge in [0.1, 0.15) is 10.6 Å². The van der Waals surface area contributed by atoms with E-state index in [0.29, 0.717) is 21.5 Å². The molecular formula is C19H19ClN2O4S. The summed E-state index contributed by atoms with van der Waals surface area (Å²) in [7, 11) is -4.00. The topological polar surface area (TPSA) is 99.3 Å². The number of sulfone groups is 1. The number of fused-ring (bicyclic) bond motifs is 1. The molecule has 0 atom stereocenters. The number of carbonyl (C=O) groups excluding carboxylic acids is 1. The lowest BCUT2D eigenvalue weighted by Gasteiger charge is -2.10. The van der Waals surface area contributed by atoms with E-state index < -0.39 is 15.7 Å². The van der Waals surface area contributed by atoms with Gasteiger partial charge in [0.05, 0.1) is 11.5 Å². The maximum Gasteiger partial charge on any atom is 0.269 e. The van der Waals surface area contributed by atoms with E-state index in [-0.39, 0.29) is 28.6 Å². The van der Waals surface area contributed by atoms with Crippen LogP contribution in [-0.2, 0) is 9.84 Å². The number of aliphatic hydroxyl groups is 1. The summed E-state index contributed by atoms with van der Waals surface area (Å²) in [6, 6.07) is 9.80. The third-order valence-corrected chi connectivity index (χ3v) is 6.46. The third-order valence-electron chi connectivity index (χ3n) is 4.23. The van der Waals surface area contributed by atoms with Crippen molar-refractivity contribution in [3.05, 3.63) is 58.2 Å². The van der Waals surface area contributed by atoms with Gasteiger partial charge in [0, 0.05) is 22.5 Å². The van der Waals surface area contributed by atoms with Gasteiger partial charge in [0.25, 0.3) is 5.91 Å². The number of hydrogen-bond donors (Lipinski definition) is 3. The number of aromatic amines is 1. The van der Waals surface area contributed by atoms with Crippen LogP contribution in [0.5, 0.6) is 0 Å². The summed E-state index contributed by atoms with van der Waals surface area (Å²) in [5, 5.41) is 12.1. The molecule has 0 radical (unpaired) electrons. The Bertz CT molecular complexity index is 1140. The van der Waals surface area contributed by atoms with Crippen LogP contribution in [0.15, 0.2) is 46.2 Å². The van der Waals surface area contributed by atoms with Crippen molar-refractivity contribution in [2.45, 2.75) is 23.6 Å². The third kappa shape index (κ3) is 3.58. The lowest BCUT2D eigenvalue weighted by atomic mass is 10.2. The molecule has 142 valence electrons. The van der Waals surface area contributed by atoms with Crippen LogP contribution in [0.25, 0.3) is 10.9 Å². The van der Waals surface area contributed by atoms with E-state index in [9.17, 15) is 13.2 Å². The molecule has 8 heteroatoms. The molecule has 1 amide bonds. The zero-order valence-electron chi connectivity index (χ0n) is 14.8. The number of H-pyrrole nitrogens is 1. The Morgan fingerprint density at radius 2 is 1.93 bits per heavy atom. The molecule has 0 aliphatic carbocycles. The summed E-state index contributed by atoms with van der Waals surface area (Å²) in [5.74, 6) is -0.611. The number of hydrogen-bond acceptors (Lipinski definition) is 4. The van der Waals surface area contributed by atoms with E-state index >= 15 is 0 Å². The molecule has 0 aliphatic heterocycles. The summed E-state index contributed by atoms with van der Waals surface area (Å²) in [6.45, 7) is 3.35. The molecule has 2 aromatic carbocycles.